The Kier molecular flexibility index (Phi) is 11.3. The van der Waals surface area contributed by atoms with Gasteiger partial charge in [-0.05, 0) is 43.9 Å². The normalized spacial score (nSPS) is 10.6. The largest absolute Gasteiger partial charge is 0.492 e. The van der Waals surface area contributed by atoms with Crippen molar-refractivity contribution in [3.63, 3.8) is 0 Å². The van der Waals surface area contributed by atoms with E-state index in [2.05, 4.69) is 6.92 Å². The van der Waals surface area contributed by atoms with E-state index in [0.29, 0.717) is 29.5 Å². The Labute approximate surface area is 150 Å². The van der Waals surface area contributed by atoms with Crippen molar-refractivity contribution in [1.82, 2.24) is 0 Å². The number of esters is 1. The first-order chi connectivity index (χ1) is 11.7. The molecule has 1 rings (SSSR count). The summed E-state index contributed by atoms with van der Waals surface area (Å²) in [5.74, 6) is 0.272. The molecule has 0 radical (unpaired) electrons. The van der Waals surface area contributed by atoms with Crippen LogP contribution in [0.4, 0.5) is 0 Å². The van der Waals surface area contributed by atoms with Crippen LogP contribution in [0, 0.1) is 0 Å². The zero-order chi connectivity index (χ0) is 17.6. The van der Waals surface area contributed by atoms with Gasteiger partial charge in [0.05, 0.1) is 23.8 Å². The second kappa shape index (κ2) is 13.1. The van der Waals surface area contributed by atoms with E-state index in [0.717, 1.165) is 51.6 Å². The van der Waals surface area contributed by atoms with Crippen molar-refractivity contribution in [1.29, 1.82) is 0 Å². The second-order valence-electron chi connectivity index (χ2n) is 5.74. The summed E-state index contributed by atoms with van der Waals surface area (Å²) >= 11 is 6.17. The molecular weight excluding hydrogens is 328 g/mol. The molecule has 0 fully saturated rings. The minimum atomic E-state index is -0.341. The highest BCUT2D eigenvalue weighted by Crippen LogP contribution is 2.26. The topological polar surface area (TPSA) is 44.8 Å². The van der Waals surface area contributed by atoms with Gasteiger partial charge < -0.3 is 14.2 Å². The molecule has 4 nitrogen and oxygen atoms in total. The predicted octanol–water partition coefficient (Wildman–Crippen LogP) is 5.27. The van der Waals surface area contributed by atoms with E-state index < -0.39 is 0 Å². The first kappa shape index (κ1) is 20.8. The van der Waals surface area contributed by atoms with Gasteiger partial charge in [-0.1, -0.05) is 37.8 Å². The highest BCUT2D eigenvalue weighted by Gasteiger charge is 2.10. The SMILES string of the molecule is CCCCCOc1ccc(C(=O)OCCCCCCOC)cc1Cl. The molecule has 5 heteroatoms. The molecular formula is C19H29ClO4. The quantitative estimate of drug-likeness (QED) is 0.356. The van der Waals surface area contributed by atoms with Crippen molar-refractivity contribution in [2.45, 2.75) is 51.9 Å². The third kappa shape index (κ3) is 8.55. The number of methoxy groups -OCH3 is 1. The Morgan fingerprint density at radius 2 is 1.71 bits per heavy atom. The average molecular weight is 357 g/mol. The van der Waals surface area contributed by atoms with E-state index in [1.807, 2.05) is 0 Å². The minimum absolute atomic E-state index is 0.341. The Morgan fingerprint density at radius 3 is 2.38 bits per heavy atom. The zero-order valence-corrected chi connectivity index (χ0v) is 15.6. The molecule has 0 aliphatic heterocycles. The van der Waals surface area contributed by atoms with E-state index in [1.165, 1.54) is 0 Å². The lowest BCUT2D eigenvalue weighted by molar-refractivity contribution is 0.0497. The number of ether oxygens (including phenoxy) is 3. The summed E-state index contributed by atoms with van der Waals surface area (Å²) in [4.78, 5) is 12.0. The summed E-state index contributed by atoms with van der Waals surface area (Å²) in [5, 5.41) is 0.445. The molecule has 0 atom stereocenters. The number of hydrogen-bond acceptors (Lipinski definition) is 4. The van der Waals surface area contributed by atoms with Crippen LogP contribution in [0.25, 0.3) is 0 Å². The number of halogens is 1. The standard InChI is InChI=1S/C19H29ClO4/c1-3-4-7-13-23-18-11-10-16(15-17(18)20)19(21)24-14-9-6-5-8-12-22-2/h10-11,15H,3-9,12-14H2,1-2H3. The molecule has 24 heavy (non-hydrogen) atoms. The molecule has 0 amide bonds. The molecule has 0 saturated heterocycles. The molecule has 0 aliphatic rings. The molecule has 0 aromatic heterocycles. The smallest absolute Gasteiger partial charge is 0.338 e. The summed E-state index contributed by atoms with van der Waals surface area (Å²) in [6.07, 6.45) is 7.30. The van der Waals surface area contributed by atoms with Gasteiger partial charge in [0.25, 0.3) is 0 Å². The lowest BCUT2D eigenvalue weighted by Gasteiger charge is -2.09. The number of hydrogen-bond donors (Lipinski definition) is 0. The van der Waals surface area contributed by atoms with Gasteiger partial charge in [-0.3, -0.25) is 0 Å². The summed E-state index contributed by atoms with van der Waals surface area (Å²) in [6.45, 7) is 4.00. The van der Waals surface area contributed by atoms with E-state index >= 15 is 0 Å². The third-order valence-electron chi connectivity index (χ3n) is 3.65. The van der Waals surface area contributed by atoms with Gasteiger partial charge in [0, 0.05) is 13.7 Å². The molecule has 0 aliphatic carbocycles. The fourth-order valence-corrected chi connectivity index (χ4v) is 2.46. The van der Waals surface area contributed by atoms with Crippen LogP contribution in [0.3, 0.4) is 0 Å². The average Bonchev–Trinajstić information content (AvgIpc) is 2.58. The summed E-state index contributed by atoms with van der Waals surface area (Å²) in [6, 6.07) is 5.04. The van der Waals surface area contributed by atoms with Gasteiger partial charge in [0.1, 0.15) is 5.75 Å². The van der Waals surface area contributed by atoms with Crippen molar-refractivity contribution >= 4 is 17.6 Å². The Balaban J connectivity index is 2.30. The number of rotatable bonds is 13. The van der Waals surface area contributed by atoms with Crippen LogP contribution < -0.4 is 4.74 Å². The van der Waals surface area contributed by atoms with E-state index in [1.54, 1.807) is 25.3 Å². The van der Waals surface area contributed by atoms with Crippen LogP contribution >= 0.6 is 11.6 Å². The van der Waals surface area contributed by atoms with Gasteiger partial charge >= 0.3 is 5.97 Å². The first-order valence-electron chi connectivity index (χ1n) is 8.77. The molecule has 0 saturated carbocycles. The summed E-state index contributed by atoms with van der Waals surface area (Å²) in [7, 11) is 1.70. The maximum Gasteiger partial charge on any atom is 0.338 e. The van der Waals surface area contributed by atoms with Gasteiger partial charge in [0.2, 0.25) is 0 Å². The zero-order valence-electron chi connectivity index (χ0n) is 14.8. The molecule has 0 unspecified atom stereocenters. The maximum atomic E-state index is 12.0. The van der Waals surface area contributed by atoms with Crippen LogP contribution in [0.5, 0.6) is 5.75 Å². The second-order valence-corrected chi connectivity index (χ2v) is 6.15. The van der Waals surface area contributed by atoms with Gasteiger partial charge in [0.15, 0.2) is 0 Å². The van der Waals surface area contributed by atoms with Crippen LogP contribution in [0.2, 0.25) is 5.02 Å². The van der Waals surface area contributed by atoms with Crippen LogP contribution in [0.15, 0.2) is 18.2 Å². The lowest BCUT2D eigenvalue weighted by atomic mass is 10.2. The number of benzene rings is 1. The fraction of sp³-hybridized carbons (Fsp3) is 0.632. The van der Waals surface area contributed by atoms with Gasteiger partial charge in [-0.2, -0.15) is 0 Å². The van der Waals surface area contributed by atoms with Crippen LogP contribution in [-0.4, -0.2) is 32.9 Å². The van der Waals surface area contributed by atoms with Crippen molar-refractivity contribution in [2.24, 2.45) is 0 Å². The molecule has 1 aromatic carbocycles. The van der Waals surface area contributed by atoms with Crippen molar-refractivity contribution in [2.75, 3.05) is 26.9 Å². The molecule has 0 bridgehead atoms. The molecule has 0 spiro atoms. The third-order valence-corrected chi connectivity index (χ3v) is 3.94. The first-order valence-corrected chi connectivity index (χ1v) is 9.15. The highest BCUT2D eigenvalue weighted by atomic mass is 35.5. The Morgan fingerprint density at radius 1 is 1.00 bits per heavy atom. The number of unbranched alkanes of at least 4 members (excludes halogenated alkanes) is 5. The molecule has 136 valence electrons. The number of carbonyl (C=O) groups is 1. The maximum absolute atomic E-state index is 12.0. The van der Waals surface area contributed by atoms with E-state index in [9.17, 15) is 4.79 Å². The molecule has 0 N–H and O–H groups in total. The van der Waals surface area contributed by atoms with E-state index in [4.69, 9.17) is 25.8 Å². The van der Waals surface area contributed by atoms with E-state index in [-0.39, 0.29) is 5.97 Å². The summed E-state index contributed by atoms with van der Waals surface area (Å²) < 4.78 is 15.9. The summed E-state index contributed by atoms with van der Waals surface area (Å²) in [5.41, 5.74) is 0.459. The Bertz CT molecular complexity index is 476. The van der Waals surface area contributed by atoms with Gasteiger partial charge in [-0.25, -0.2) is 4.79 Å². The van der Waals surface area contributed by atoms with Crippen molar-refractivity contribution in [3.05, 3.63) is 28.8 Å². The monoisotopic (exact) mass is 356 g/mol. The highest BCUT2D eigenvalue weighted by molar-refractivity contribution is 6.32. The predicted molar refractivity (Wildman–Crippen MR) is 97.1 cm³/mol. The fourth-order valence-electron chi connectivity index (χ4n) is 2.23. The molecule has 0 heterocycles. The number of carbonyl (C=O) groups excluding carboxylic acids is 1. The lowest BCUT2D eigenvalue weighted by Crippen LogP contribution is -2.07. The molecule has 1 aromatic rings. The minimum Gasteiger partial charge on any atom is -0.492 e. The van der Waals surface area contributed by atoms with Gasteiger partial charge in [-0.15, -0.1) is 0 Å². The Hall–Kier alpha value is -1.26. The van der Waals surface area contributed by atoms with Crippen molar-refractivity contribution in [3.8, 4) is 5.75 Å². The van der Waals surface area contributed by atoms with Crippen molar-refractivity contribution < 1.29 is 19.0 Å². The van der Waals surface area contributed by atoms with Crippen LogP contribution in [-0.2, 0) is 9.47 Å². The van der Waals surface area contributed by atoms with Crippen LogP contribution in [0.1, 0.15) is 62.2 Å².